The van der Waals surface area contributed by atoms with Crippen LogP contribution >= 0.6 is 0 Å². The molecule has 15 heavy (non-hydrogen) atoms. The van der Waals surface area contributed by atoms with E-state index in [2.05, 4.69) is 5.32 Å². The third-order valence-electron chi connectivity index (χ3n) is 1.97. The maximum atomic E-state index is 11.4. The first-order chi connectivity index (χ1) is 7.24. The zero-order chi connectivity index (χ0) is 11.1. The Morgan fingerprint density at radius 2 is 2.00 bits per heavy atom. The van der Waals surface area contributed by atoms with Crippen molar-refractivity contribution in [1.82, 2.24) is 5.32 Å². The Kier molecular flexibility index (Phi) is 4.29. The molecule has 0 aliphatic heterocycles. The van der Waals surface area contributed by atoms with E-state index >= 15 is 0 Å². The molecule has 3 nitrogen and oxygen atoms in total. The van der Waals surface area contributed by atoms with Gasteiger partial charge in [-0.05, 0) is 18.6 Å². The molecule has 0 unspecified atom stereocenters. The Morgan fingerprint density at radius 1 is 1.33 bits per heavy atom. The highest BCUT2D eigenvalue weighted by Gasteiger charge is 2.02. The van der Waals surface area contributed by atoms with Crippen molar-refractivity contribution in [1.29, 1.82) is 0 Å². The van der Waals surface area contributed by atoms with E-state index in [9.17, 15) is 9.59 Å². The monoisotopic (exact) mass is 203 g/mol. The Labute approximate surface area is 88.8 Å². The van der Waals surface area contributed by atoms with E-state index in [1.165, 1.54) is 6.08 Å². The number of rotatable bonds is 4. The van der Waals surface area contributed by atoms with E-state index in [-0.39, 0.29) is 5.91 Å². The topological polar surface area (TPSA) is 46.2 Å². The molecule has 0 heterocycles. The van der Waals surface area contributed by atoms with Gasteiger partial charge in [0, 0.05) is 12.1 Å². The van der Waals surface area contributed by atoms with Crippen LogP contribution in [0.25, 0.3) is 0 Å². The van der Waals surface area contributed by atoms with Gasteiger partial charge in [-0.3, -0.25) is 9.59 Å². The van der Waals surface area contributed by atoms with Gasteiger partial charge in [0.05, 0.1) is 0 Å². The van der Waals surface area contributed by atoms with E-state index < -0.39 is 0 Å². The van der Waals surface area contributed by atoms with Gasteiger partial charge >= 0.3 is 0 Å². The molecule has 1 amide bonds. The highest BCUT2D eigenvalue weighted by Crippen LogP contribution is 1.98. The molecule has 1 aromatic rings. The normalized spacial score (nSPS) is 10.9. The zero-order valence-electron chi connectivity index (χ0n) is 8.57. The van der Waals surface area contributed by atoms with Crippen LogP contribution in [0.15, 0.2) is 42.0 Å². The Bertz CT molecular complexity index is 368. The highest BCUT2D eigenvalue weighted by molar-refractivity contribution is 5.95. The van der Waals surface area contributed by atoms with Crippen LogP contribution in [0.3, 0.4) is 0 Å². The third-order valence-corrected chi connectivity index (χ3v) is 1.97. The van der Waals surface area contributed by atoms with Crippen LogP contribution in [0, 0.1) is 0 Å². The number of nitrogens with one attached hydrogen (secondary N) is 1. The van der Waals surface area contributed by atoms with Gasteiger partial charge in [-0.25, -0.2) is 0 Å². The van der Waals surface area contributed by atoms with E-state index in [1.54, 1.807) is 6.92 Å². The lowest BCUT2D eigenvalue weighted by atomic mass is 10.2. The lowest BCUT2D eigenvalue weighted by Gasteiger charge is -2.04. The van der Waals surface area contributed by atoms with Gasteiger partial charge in [0.15, 0.2) is 0 Å². The average Bonchev–Trinajstić information content (AvgIpc) is 2.27. The van der Waals surface area contributed by atoms with Crippen molar-refractivity contribution in [3.63, 3.8) is 0 Å². The fourth-order valence-electron chi connectivity index (χ4n) is 1.10. The molecule has 0 fully saturated rings. The second kappa shape index (κ2) is 5.75. The number of carbonyl (C=O) groups excluding carboxylic acids is 2. The van der Waals surface area contributed by atoms with Crippen LogP contribution in [0.2, 0.25) is 0 Å². The quantitative estimate of drug-likeness (QED) is 0.594. The third kappa shape index (κ3) is 3.77. The molecule has 0 atom stereocenters. The fourth-order valence-corrected chi connectivity index (χ4v) is 1.10. The van der Waals surface area contributed by atoms with Crippen molar-refractivity contribution in [2.75, 3.05) is 0 Å². The number of benzene rings is 1. The second-order valence-corrected chi connectivity index (χ2v) is 3.15. The Balaban J connectivity index is 2.48. The van der Waals surface area contributed by atoms with E-state index in [1.807, 2.05) is 30.3 Å². The molecule has 0 saturated heterocycles. The number of aldehydes is 1. The van der Waals surface area contributed by atoms with Crippen molar-refractivity contribution in [2.24, 2.45) is 0 Å². The summed E-state index contributed by atoms with van der Waals surface area (Å²) in [6.07, 6.45) is 1.86. The van der Waals surface area contributed by atoms with Gasteiger partial charge < -0.3 is 5.32 Å². The lowest BCUT2D eigenvalue weighted by molar-refractivity contribution is -0.117. The largest absolute Gasteiger partial charge is 0.348 e. The number of carbonyl (C=O) groups is 2. The molecule has 0 bridgehead atoms. The summed E-state index contributed by atoms with van der Waals surface area (Å²) >= 11 is 0. The van der Waals surface area contributed by atoms with E-state index in [0.717, 1.165) is 5.56 Å². The number of allylic oxidation sites excluding steroid dienone is 1. The molecule has 1 rings (SSSR count). The predicted octanol–water partition coefficient (Wildman–Crippen LogP) is 1.45. The SMILES string of the molecule is C/C(=C\C=O)C(=O)NCc1ccccc1. The van der Waals surface area contributed by atoms with Crippen molar-refractivity contribution < 1.29 is 9.59 Å². The van der Waals surface area contributed by atoms with Crippen LogP contribution in [0.4, 0.5) is 0 Å². The minimum atomic E-state index is -0.217. The summed E-state index contributed by atoms with van der Waals surface area (Å²) in [5, 5.41) is 2.72. The van der Waals surface area contributed by atoms with Crippen LogP contribution in [-0.2, 0) is 16.1 Å². The van der Waals surface area contributed by atoms with Crippen molar-refractivity contribution in [3.05, 3.63) is 47.5 Å². The molecule has 1 N–H and O–H groups in total. The van der Waals surface area contributed by atoms with Crippen LogP contribution in [0.5, 0.6) is 0 Å². The number of hydrogen-bond acceptors (Lipinski definition) is 2. The van der Waals surface area contributed by atoms with Gasteiger partial charge in [-0.1, -0.05) is 30.3 Å². The van der Waals surface area contributed by atoms with Gasteiger partial charge in [0.25, 0.3) is 0 Å². The molecule has 78 valence electrons. The summed E-state index contributed by atoms with van der Waals surface area (Å²) in [5.41, 5.74) is 1.45. The number of amides is 1. The molecule has 3 heteroatoms. The minimum absolute atomic E-state index is 0.217. The zero-order valence-corrected chi connectivity index (χ0v) is 8.57. The molecule has 0 saturated carbocycles. The first kappa shape index (κ1) is 11.2. The van der Waals surface area contributed by atoms with E-state index in [4.69, 9.17) is 0 Å². The Morgan fingerprint density at radius 3 is 2.60 bits per heavy atom. The molecule has 0 aromatic heterocycles. The summed E-state index contributed by atoms with van der Waals surface area (Å²) < 4.78 is 0. The van der Waals surface area contributed by atoms with Gasteiger partial charge in [-0.2, -0.15) is 0 Å². The van der Waals surface area contributed by atoms with Crippen molar-refractivity contribution in [2.45, 2.75) is 13.5 Å². The molecule has 1 aromatic carbocycles. The highest BCUT2D eigenvalue weighted by atomic mass is 16.1. The summed E-state index contributed by atoms with van der Waals surface area (Å²) in [5.74, 6) is -0.217. The fraction of sp³-hybridized carbons (Fsp3) is 0.167. The number of hydrogen-bond donors (Lipinski definition) is 1. The summed E-state index contributed by atoms with van der Waals surface area (Å²) in [6.45, 7) is 2.08. The maximum Gasteiger partial charge on any atom is 0.247 e. The smallest absolute Gasteiger partial charge is 0.247 e. The van der Waals surface area contributed by atoms with Gasteiger partial charge in [0.1, 0.15) is 6.29 Å². The molecule has 0 radical (unpaired) electrons. The lowest BCUT2D eigenvalue weighted by Crippen LogP contribution is -2.23. The molecule has 0 aliphatic carbocycles. The molecule has 0 aliphatic rings. The summed E-state index contributed by atoms with van der Waals surface area (Å²) in [7, 11) is 0. The first-order valence-corrected chi connectivity index (χ1v) is 4.68. The average molecular weight is 203 g/mol. The first-order valence-electron chi connectivity index (χ1n) is 4.68. The van der Waals surface area contributed by atoms with Gasteiger partial charge in [0.2, 0.25) is 5.91 Å². The predicted molar refractivity (Wildman–Crippen MR) is 58.1 cm³/mol. The van der Waals surface area contributed by atoms with Crippen LogP contribution in [-0.4, -0.2) is 12.2 Å². The molecular weight excluding hydrogens is 190 g/mol. The standard InChI is InChI=1S/C12H13NO2/c1-10(7-8-14)12(15)13-9-11-5-3-2-4-6-11/h2-8H,9H2,1H3,(H,13,15)/b10-7+. The van der Waals surface area contributed by atoms with Crippen molar-refractivity contribution >= 4 is 12.2 Å². The van der Waals surface area contributed by atoms with Crippen molar-refractivity contribution in [3.8, 4) is 0 Å². The van der Waals surface area contributed by atoms with Crippen LogP contribution in [0.1, 0.15) is 12.5 Å². The summed E-state index contributed by atoms with van der Waals surface area (Å²) in [4.78, 5) is 21.5. The molecule has 0 spiro atoms. The minimum Gasteiger partial charge on any atom is -0.348 e. The molecular formula is C12H13NO2. The summed E-state index contributed by atoms with van der Waals surface area (Å²) in [6, 6.07) is 9.60. The second-order valence-electron chi connectivity index (χ2n) is 3.15. The van der Waals surface area contributed by atoms with Crippen LogP contribution < -0.4 is 5.32 Å². The van der Waals surface area contributed by atoms with E-state index in [0.29, 0.717) is 18.4 Å². The van der Waals surface area contributed by atoms with Gasteiger partial charge in [-0.15, -0.1) is 0 Å². The Hall–Kier alpha value is -1.90. The maximum absolute atomic E-state index is 11.4.